The summed E-state index contributed by atoms with van der Waals surface area (Å²) in [6.07, 6.45) is 1.08. The molecule has 0 spiro atoms. The largest absolute Gasteiger partial charge is 0.445 e. The summed E-state index contributed by atoms with van der Waals surface area (Å²) in [7, 11) is 0. The number of benzene rings is 1. The smallest absolute Gasteiger partial charge is 0.407 e. The van der Waals surface area contributed by atoms with Crippen molar-refractivity contribution < 1.29 is 9.53 Å². The topological polar surface area (TPSA) is 64.3 Å². The maximum Gasteiger partial charge on any atom is 0.407 e. The van der Waals surface area contributed by atoms with E-state index >= 15 is 0 Å². The lowest BCUT2D eigenvalue weighted by molar-refractivity contribution is 0.157. The third-order valence-electron chi connectivity index (χ3n) is 2.66. The molecule has 0 saturated heterocycles. The second-order valence-electron chi connectivity index (χ2n) is 4.11. The minimum atomic E-state index is -0.444. The Morgan fingerprint density at radius 2 is 2.17 bits per heavy atom. The maximum atomic E-state index is 11.3. The van der Waals surface area contributed by atoms with Gasteiger partial charge in [-0.05, 0) is 12.5 Å². The fourth-order valence-electron chi connectivity index (χ4n) is 1.57. The Morgan fingerprint density at radius 3 is 2.72 bits per heavy atom. The molecule has 0 saturated carbocycles. The number of alkyl carbamates (subject to hydrolysis) is 1. The number of carbonyl (C=O) groups is 1. The molecule has 0 fully saturated rings. The van der Waals surface area contributed by atoms with Gasteiger partial charge < -0.3 is 15.8 Å². The summed E-state index contributed by atoms with van der Waals surface area (Å²) >= 11 is 0. The molecule has 0 bridgehead atoms. The number of nitrogens with one attached hydrogen (secondary N) is 1. The van der Waals surface area contributed by atoms with Gasteiger partial charge in [0.15, 0.2) is 0 Å². The highest BCUT2D eigenvalue weighted by Crippen LogP contribution is 2.14. The summed E-state index contributed by atoms with van der Waals surface area (Å²) in [5.74, 6) is 0.0990. The molecule has 1 amide bonds. The quantitative estimate of drug-likeness (QED) is 0.756. The Balaban J connectivity index is 2.49. The summed E-state index contributed by atoms with van der Waals surface area (Å²) < 4.78 is 4.83. The van der Waals surface area contributed by atoms with E-state index in [-0.39, 0.29) is 12.5 Å². The minimum Gasteiger partial charge on any atom is -0.445 e. The lowest BCUT2D eigenvalue weighted by Gasteiger charge is -2.16. The number of hydrogen-bond acceptors (Lipinski definition) is 3. The maximum absolute atomic E-state index is 11.3. The van der Waals surface area contributed by atoms with E-state index in [0.29, 0.717) is 13.1 Å². The van der Waals surface area contributed by atoms with Crippen LogP contribution in [0.5, 0.6) is 0 Å². The van der Waals surface area contributed by atoms with Gasteiger partial charge in [0.2, 0.25) is 0 Å². The summed E-state index contributed by atoms with van der Waals surface area (Å²) in [4.78, 5) is 11.3. The Kier molecular flexibility index (Phi) is 5.94. The van der Waals surface area contributed by atoms with Crippen molar-refractivity contribution in [2.45, 2.75) is 12.8 Å². The van der Waals surface area contributed by atoms with Crippen LogP contribution in [0.2, 0.25) is 0 Å². The predicted octanol–water partition coefficient (Wildman–Crippen LogP) is 1.95. The van der Waals surface area contributed by atoms with Crippen molar-refractivity contribution in [2.75, 3.05) is 19.7 Å². The van der Waals surface area contributed by atoms with Crippen LogP contribution in [0.4, 0.5) is 4.79 Å². The number of hydrogen-bond donors (Lipinski definition) is 2. The zero-order valence-corrected chi connectivity index (χ0v) is 10.7. The normalized spacial score (nSPS) is 11.7. The molecular weight excluding hydrogens is 228 g/mol. The number of aryl methyl sites for hydroxylation is 1. The number of amides is 1. The van der Waals surface area contributed by atoms with E-state index in [1.165, 1.54) is 11.6 Å². The van der Waals surface area contributed by atoms with Crippen LogP contribution in [0, 0.1) is 6.92 Å². The van der Waals surface area contributed by atoms with Crippen LogP contribution in [0.15, 0.2) is 36.9 Å². The Labute approximate surface area is 108 Å². The van der Waals surface area contributed by atoms with Gasteiger partial charge in [-0.25, -0.2) is 4.79 Å². The molecule has 98 valence electrons. The molecule has 4 nitrogen and oxygen atoms in total. The molecule has 1 rings (SSSR count). The highest BCUT2D eigenvalue weighted by molar-refractivity contribution is 5.67. The van der Waals surface area contributed by atoms with Crippen LogP contribution in [-0.2, 0) is 4.74 Å². The Hall–Kier alpha value is -1.81. The molecule has 1 atom stereocenters. The van der Waals surface area contributed by atoms with Gasteiger partial charge in [-0.1, -0.05) is 42.5 Å². The van der Waals surface area contributed by atoms with Gasteiger partial charge in [-0.15, -0.1) is 0 Å². The van der Waals surface area contributed by atoms with Gasteiger partial charge in [0, 0.05) is 19.0 Å². The number of carbonyl (C=O) groups excluding carboxylic acids is 1. The average molecular weight is 248 g/mol. The highest BCUT2D eigenvalue weighted by atomic mass is 16.5. The SMILES string of the molecule is C=CCOC(=O)NC[C@@H](CN)c1ccc(C)cc1. The molecule has 0 radical (unpaired) electrons. The molecule has 3 N–H and O–H groups in total. The fourth-order valence-corrected chi connectivity index (χ4v) is 1.57. The molecule has 0 aliphatic heterocycles. The molecule has 0 unspecified atom stereocenters. The molecule has 18 heavy (non-hydrogen) atoms. The van der Waals surface area contributed by atoms with Crippen LogP contribution in [-0.4, -0.2) is 25.8 Å². The van der Waals surface area contributed by atoms with Crippen LogP contribution in [0.25, 0.3) is 0 Å². The van der Waals surface area contributed by atoms with E-state index in [1.807, 2.05) is 31.2 Å². The number of rotatable bonds is 6. The van der Waals surface area contributed by atoms with Crippen molar-refractivity contribution in [1.29, 1.82) is 0 Å². The first kappa shape index (κ1) is 14.3. The van der Waals surface area contributed by atoms with Crippen molar-refractivity contribution in [2.24, 2.45) is 5.73 Å². The van der Waals surface area contributed by atoms with Crippen LogP contribution < -0.4 is 11.1 Å². The summed E-state index contributed by atoms with van der Waals surface area (Å²) in [6.45, 7) is 6.67. The van der Waals surface area contributed by atoms with E-state index in [4.69, 9.17) is 10.5 Å². The lowest BCUT2D eigenvalue weighted by atomic mass is 9.98. The van der Waals surface area contributed by atoms with E-state index in [2.05, 4.69) is 11.9 Å². The second kappa shape index (κ2) is 7.50. The first-order valence-electron chi connectivity index (χ1n) is 5.95. The molecule has 0 aliphatic rings. The van der Waals surface area contributed by atoms with Crippen LogP contribution in [0.1, 0.15) is 17.0 Å². The van der Waals surface area contributed by atoms with Crippen molar-refractivity contribution in [3.63, 3.8) is 0 Å². The standard InChI is InChI=1S/C14H20N2O2/c1-3-8-18-14(17)16-10-13(9-15)12-6-4-11(2)5-7-12/h3-7,13H,1,8-10,15H2,2H3,(H,16,17)/t13-/m1/s1. The fraction of sp³-hybridized carbons (Fsp3) is 0.357. The molecule has 0 aliphatic carbocycles. The summed E-state index contributed by atoms with van der Waals surface area (Å²) in [6, 6.07) is 8.13. The first-order chi connectivity index (χ1) is 8.67. The van der Waals surface area contributed by atoms with E-state index in [9.17, 15) is 4.79 Å². The monoisotopic (exact) mass is 248 g/mol. The van der Waals surface area contributed by atoms with Gasteiger partial charge >= 0.3 is 6.09 Å². The van der Waals surface area contributed by atoms with Gasteiger partial charge in [-0.2, -0.15) is 0 Å². The lowest BCUT2D eigenvalue weighted by Crippen LogP contribution is -2.32. The van der Waals surface area contributed by atoms with Crippen LogP contribution in [0.3, 0.4) is 0 Å². The van der Waals surface area contributed by atoms with Gasteiger partial charge in [-0.3, -0.25) is 0 Å². The van der Waals surface area contributed by atoms with Gasteiger partial charge in [0.1, 0.15) is 6.61 Å². The van der Waals surface area contributed by atoms with Crippen molar-refractivity contribution in [3.05, 3.63) is 48.0 Å². The Bertz CT molecular complexity index is 387. The molecule has 0 aromatic heterocycles. The van der Waals surface area contributed by atoms with Crippen LogP contribution >= 0.6 is 0 Å². The zero-order valence-electron chi connectivity index (χ0n) is 10.7. The second-order valence-corrected chi connectivity index (χ2v) is 4.11. The molecule has 0 heterocycles. The Morgan fingerprint density at radius 1 is 1.50 bits per heavy atom. The van der Waals surface area contributed by atoms with Gasteiger partial charge in [0.05, 0.1) is 0 Å². The van der Waals surface area contributed by atoms with Crippen molar-refractivity contribution >= 4 is 6.09 Å². The third-order valence-corrected chi connectivity index (χ3v) is 2.66. The highest BCUT2D eigenvalue weighted by Gasteiger charge is 2.11. The molecule has 4 heteroatoms. The average Bonchev–Trinajstić information content (AvgIpc) is 2.39. The number of nitrogens with two attached hydrogens (primary N) is 1. The van der Waals surface area contributed by atoms with E-state index in [1.54, 1.807) is 0 Å². The third kappa shape index (κ3) is 4.59. The zero-order chi connectivity index (χ0) is 13.4. The molecular formula is C14H20N2O2. The minimum absolute atomic E-state index is 0.0990. The predicted molar refractivity (Wildman–Crippen MR) is 72.5 cm³/mol. The molecule has 1 aromatic rings. The van der Waals surface area contributed by atoms with E-state index < -0.39 is 6.09 Å². The van der Waals surface area contributed by atoms with Crippen molar-refractivity contribution in [1.82, 2.24) is 5.32 Å². The summed E-state index contributed by atoms with van der Waals surface area (Å²) in [5, 5.41) is 2.69. The number of ether oxygens (including phenoxy) is 1. The van der Waals surface area contributed by atoms with Crippen molar-refractivity contribution in [3.8, 4) is 0 Å². The van der Waals surface area contributed by atoms with Gasteiger partial charge in [0.25, 0.3) is 0 Å². The molecule has 1 aromatic carbocycles. The van der Waals surface area contributed by atoms with E-state index in [0.717, 1.165) is 5.56 Å². The summed E-state index contributed by atoms with van der Waals surface area (Å²) in [5.41, 5.74) is 8.04. The first-order valence-corrected chi connectivity index (χ1v) is 5.95.